The highest BCUT2D eigenvalue weighted by atomic mass is 35.5. The molecule has 0 fully saturated rings. The van der Waals surface area contributed by atoms with Gasteiger partial charge in [-0.05, 0) is 26.0 Å². The third kappa shape index (κ3) is 3.21. The Morgan fingerprint density at radius 1 is 1.57 bits per heavy atom. The maximum absolute atomic E-state index is 8.57. The molecule has 74 valence electrons. The first kappa shape index (κ1) is 11.4. The molecule has 0 spiro atoms. The lowest BCUT2D eigenvalue weighted by Crippen LogP contribution is -2.16. The van der Waals surface area contributed by atoms with Crippen molar-refractivity contribution in [3.05, 3.63) is 24.0 Å². The van der Waals surface area contributed by atoms with Crippen molar-refractivity contribution in [1.29, 1.82) is 5.26 Å². The zero-order chi connectivity index (χ0) is 10.6. The lowest BCUT2D eigenvalue weighted by Gasteiger charge is -2.20. The number of hydrogen-bond donors (Lipinski definition) is 0. The first-order valence-corrected chi connectivity index (χ1v) is 5.53. The van der Waals surface area contributed by atoms with Crippen LogP contribution in [0, 0.1) is 11.3 Å². The van der Waals surface area contributed by atoms with Gasteiger partial charge in [0.1, 0.15) is 11.8 Å². The Hall–Kier alpha value is -0.720. The quantitative estimate of drug-likeness (QED) is 0.587. The minimum atomic E-state index is -0.00258. The Kier molecular flexibility index (Phi) is 3.79. The van der Waals surface area contributed by atoms with Crippen LogP contribution in [0.25, 0.3) is 0 Å². The summed E-state index contributed by atoms with van der Waals surface area (Å²) in [6.07, 6.45) is 1.71. The lowest BCUT2D eigenvalue weighted by molar-refractivity contribution is 0.810. The predicted octanol–water partition coefficient (Wildman–Crippen LogP) is 3.06. The summed E-state index contributed by atoms with van der Waals surface area (Å²) in [6.45, 7) is 4.14. The van der Waals surface area contributed by atoms with Crippen molar-refractivity contribution in [3.63, 3.8) is 0 Å². The van der Waals surface area contributed by atoms with Gasteiger partial charge in [-0.15, -0.1) is 23.4 Å². The first-order valence-electron chi connectivity index (χ1n) is 4.18. The van der Waals surface area contributed by atoms with Gasteiger partial charge in [-0.25, -0.2) is 4.98 Å². The van der Waals surface area contributed by atoms with Gasteiger partial charge in [-0.2, -0.15) is 5.26 Å². The summed E-state index contributed by atoms with van der Waals surface area (Å²) >= 11 is 7.47. The van der Waals surface area contributed by atoms with E-state index >= 15 is 0 Å². The van der Waals surface area contributed by atoms with E-state index in [1.807, 2.05) is 12.1 Å². The average molecular weight is 227 g/mol. The smallest absolute Gasteiger partial charge is 0.140 e. The van der Waals surface area contributed by atoms with Crippen molar-refractivity contribution in [3.8, 4) is 6.07 Å². The van der Waals surface area contributed by atoms with Crippen molar-refractivity contribution >= 4 is 23.4 Å². The lowest BCUT2D eigenvalue weighted by atomic mass is 10.2. The van der Waals surface area contributed by atoms with E-state index in [0.717, 1.165) is 4.90 Å². The van der Waals surface area contributed by atoms with Crippen molar-refractivity contribution in [2.45, 2.75) is 23.5 Å². The third-order valence-electron chi connectivity index (χ3n) is 1.57. The molecule has 4 heteroatoms. The van der Waals surface area contributed by atoms with Gasteiger partial charge in [0.25, 0.3) is 0 Å². The van der Waals surface area contributed by atoms with Gasteiger partial charge < -0.3 is 0 Å². The fraction of sp³-hybridized carbons (Fsp3) is 0.400. The molecule has 0 bridgehead atoms. The van der Waals surface area contributed by atoms with E-state index < -0.39 is 0 Å². The summed E-state index contributed by atoms with van der Waals surface area (Å²) < 4.78 is -0.00258. The monoisotopic (exact) mass is 226 g/mol. The van der Waals surface area contributed by atoms with E-state index in [0.29, 0.717) is 11.6 Å². The molecule has 0 aliphatic carbocycles. The Bertz CT molecular complexity index is 340. The van der Waals surface area contributed by atoms with Crippen molar-refractivity contribution in [2.24, 2.45) is 0 Å². The highest BCUT2D eigenvalue weighted by Gasteiger charge is 2.17. The Labute approximate surface area is 93.3 Å². The topological polar surface area (TPSA) is 36.7 Å². The van der Waals surface area contributed by atoms with Gasteiger partial charge in [0, 0.05) is 21.7 Å². The van der Waals surface area contributed by atoms with Crippen LogP contribution in [0.4, 0.5) is 0 Å². The molecule has 0 atom stereocenters. The van der Waals surface area contributed by atoms with Crippen LogP contribution in [0.5, 0.6) is 0 Å². The minimum absolute atomic E-state index is 0.00258. The van der Waals surface area contributed by atoms with Gasteiger partial charge in [-0.3, -0.25) is 0 Å². The summed E-state index contributed by atoms with van der Waals surface area (Å²) in [4.78, 5) is 5.03. The van der Waals surface area contributed by atoms with Crippen molar-refractivity contribution < 1.29 is 0 Å². The number of thioether (sulfide) groups is 1. The van der Waals surface area contributed by atoms with E-state index in [1.54, 1.807) is 24.0 Å². The molecule has 0 saturated heterocycles. The van der Waals surface area contributed by atoms with Crippen LogP contribution in [-0.4, -0.2) is 15.6 Å². The fourth-order valence-electron chi connectivity index (χ4n) is 0.853. The molecule has 0 saturated carbocycles. The van der Waals surface area contributed by atoms with Gasteiger partial charge in [0.05, 0.1) is 0 Å². The highest BCUT2D eigenvalue weighted by molar-refractivity contribution is 8.00. The summed E-state index contributed by atoms with van der Waals surface area (Å²) in [5.74, 6) is 0.581. The fourth-order valence-corrected chi connectivity index (χ4v) is 1.95. The number of alkyl halides is 1. The van der Waals surface area contributed by atoms with Crippen LogP contribution in [-0.2, 0) is 0 Å². The summed E-state index contributed by atoms with van der Waals surface area (Å²) in [5.41, 5.74) is 0.443. The Morgan fingerprint density at radius 2 is 2.29 bits per heavy atom. The van der Waals surface area contributed by atoms with E-state index in [-0.39, 0.29) is 4.75 Å². The van der Waals surface area contributed by atoms with Crippen LogP contribution < -0.4 is 0 Å². The number of rotatable bonds is 3. The largest absolute Gasteiger partial charge is 0.244 e. The molecule has 2 nitrogen and oxygen atoms in total. The van der Waals surface area contributed by atoms with Crippen LogP contribution in [0.3, 0.4) is 0 Å². The maximum Gasteiger partial charge on any atom is 0.140 e. The highest BCUT2D eigenvalue weighted by Crippen LogP contribution is 2.32. The van der Waals surface area contributed by atoms with Crippen LogP contribution in [0.2, 0.25) is 0 Å². The summed E-state index contributed by atoms with van der Waals surface area (Å²) in [6, 6.07) is 5.59. The van der Waals surface area contributed by atoms with E-state index in [1.165, 1.54) is 0 Å². The molecule has 0 aliphatic rings. The van der Waals surface area contributed by atoms with E-state index in [4.69, 9.17) is 16.9 Å². The normalized spacial score (nSPS) is 11.0. The zero-order valence-corrected chi connectivity index (χ0v) is 9.69. The van der Waals surface area contributed by atoms with Crippen molar-refractivity contribution in [2.75, 3.05) is 5.88 Å². The number of hydrogen-bond acceptors (Lipinski definition) is 3. The molecule has 0 amide bonds. The summed E-state index contributed by atoms with van der Waals surface area (Å²) in [7, 11) is 0. The van der Waals surface area contributed by atoms with Gasteiger partial charge >= 0.3 is 0 Å². The molecular formula is C10H11ClN2S. The van der Waals surface area contributed by atoms with Gasteiger partial charge in [-0.1, -0.05) is 0 Å². The maximum atomic E-state index is 8.57. The molecule has 0 N–H and O–H groups in total. The molecule has 1 heterocycles. The summed E-state index contributed by atoms with van der Waals surface area (Å²) in [5, 5.41) is 8.57. The second kappa shape index (κ2) is 4.68. The minimum Gasteiger partial charge on any atom is -0.244 e. The number of pyridine rings is 1. The SMILES string of the molecule is CC(C)(CCl)Sc1ccc(C#N)nc1. The second-order valence-electron chi connectivity index (χ2n) is 3.49. The van der Waals surface area contributed by atoms with E-state index in [2.05, 4.69) is 18.8 Å². The van der Waals surface area contributed by atoms with Gasteiger partial charge in [0.2, 0.25) is 0 Å². The molecule has 0 unspecified atom stereocenters. The molecule has 1 aromatic heterocycles. The molecule has 0 aliphatic heterocycles. The van der Waals surface area contributed by atoms with Gasteiger partial charge in [0.15, 0.2) is 0 Å². The number of aromatic nitrogens is 1. The van der Waals surface area contributed by atoms with E-state index in [9.17, 15) is 0 Å². The predicted molar refractivity (Wildman–Crippen MR) is 59.6 cm³/mol. The van der Waals surface area contributed by atoms with Crippen LogP contribution >= 0.6 is 23.4 Å². The molecule has 0 aromatic carbocycles. The second-order valence-corrected chi connectivity index (χ2v) is 5.53. The number of halogens is 1. The average Bonchev–Trinajstić information content (AvgIpc) is 2.19. The third-order valence-corrected chi connectivity index (χ3v) is 3.57. The number of nitrogens with zero attached hydrogens (tertiary/aromatic N) is 2. The molecule has 0 radical (unpaired) electrons. The molecule has 1 aromatic rings. The number of nitriles is 1. The van der Waals surface area contributed by atoms with Crippen LogP contribution in [0.15, 0.2) is 23.2 Å². The Morgan fingerprint density at radius 3 is 2.71 bits per heavy atom. The van der Waals surface area contributed by atoms with Crippen LogP contribution in [0.1, 0.15) is 19.5 Å². The first-order chi connectivity index (χ1) is 6.57. The molecule has 14 heavy (non-hydrogen) atoms. The Balaban J connectivity index is 2.75. The van der Waals surface area contributed by atoms with Crippen molar-refractivity contribution in [1.82, 2.24) is 4.98 Å². The molecular weight excluding hydrogens is 216 g/mol. The zero-order valence-electron chi connectivity index (χ0n) is 8.12. The standard InChI is InChI=1S/C10H11ClN2S/c1-10(2,7-11)14-9-4-3-8(5-12)13-6-9/h3-4,6H,7H2,1-2H3. The molecule has 1 rings (SSSR count).